The number of fused-ring (bicyclic) bond motifs is 1. The lowest BCUT2D eigenvalue weighted by molar-refractivity contribution is -0.146. The first-order valence-electron chi connectivity index (χ1n) is 9.63. The minimum atomic E-state index is -0.864. The molecule has 2 rings (SSSR count). The van der Waals surface area contributed by atoms with Gasteiger partial charge in [0.25, 0.3) is 0 Å². The van der Waals surface area contributed by atoms with E-state index in [2.05, 4.69) is 11.4 Å². The maximum Gasteiger partial charge on any atom is 0.410 e. The molecular weight excluding hydrogens is 372 g/mol. The largest absolute Gasteiger partial charge is 0.467 e. The number of methoxy groups -OCH3 is 1. The highest BCUT2D eigenvalue weighted by atomic mass is 16.6. The molecule has 0 saturated heterocycles. The number of ether oxygens (including phenoxy) is 2. The van der Waals surface area contributed by atoms with E-state index in [4.69, 9.17) is 9.47 Å². The molecule has 2 atom stereocenters. The van der Waals surface area contributed by atoms with Crippen LogP contribution in [-0.2, 0) is 25.5 Å². The van der Waals surface area contributed by atoms with E-state index in [1.807, 2.05) is 31.2 Å². The lowest BCUT2D eigenvalue weighted by Gasteiger charge is -2.27. The summed E-state index contributed by atoms with van der Waals surface area (Å²) in [6, 6.07) is 7.12. The zero-order valence-electron chi connectivity index (χ0n) is 17.9. The van der Waals surface area contributed by atoms with Crippen molar-refractivity contribution >= 4 is 23.5 Å². The van der Waals surface area contributed by atoms with E-state index in [1.54, 1.807) is 20.8 Å². The third-order valence-electron chi connectivity index (χ3n) is 4.72. The van der Waals surface area contributed by atoms with Crippen LogP contribution in [0.5, 0.6) is 0 Å². The van der Waals surface area contributed by atoms with Crippen molar-refractivity contribution in [1.82, 2.24) is 10.2 Å². The van der Waals surface area contributed by atoms with E-state index < -0.39 is 29.6 Å². The molecule has 0 radical (unpaired) electrons. The van der Waals surface area contributed by atoms with Gasteiger partial charge in [-0.2, -0.15) is 0 Å². The molecule has 0 fully saturated rings. The van der Waals surface area contributed by atoms with Gasteiger partial charge in [0.2, 0.25) is 5.91 Å². The number of carbonyl (C=O) groups is 3. The third-order valence-corrected chi connectivity index (χ3v) is 4.72. The van der Waals surface area contributed by atoms with Crippen LogP contribution in [0.15, 0.2) is 30.3 Å². The smallest absolute Gasteiger partial charge is 0.410 e. The van der Waals surface area contributed by atoms with Crippen LogP contribution >= 0.6 is 0 Å². The molecule has 0 saturated carbocycles. The summed E-state index contributed by atoms with van der Waals surface area (Å²) in [5.74, 6) is -1.29. The number of esters is 1. The molecule has 1 N–H and O–H groups in total. The molecule has 1 aromatic rings. The fourth-order valence-corrected chi connectivity index (χ4v) is 3.27. The predicted octanol–water partition coefficient (Wildman–Crippen LogP) is 2.79. The fourth-order valence-electron chi connectivity index (χ4n) is 3.27. The van der Waals surface area contributed by atoms with E-state index in [0.717, 1.165) is 17.6 Å². The molecular formula is C22H30N2O5. The first-order valence-corrected chi connectivity index (χ1v) is 9.63. The Balaban J connectivity index is 2.08. The molecule has 29 heavy (non-hydrogen) atoms. The van der Waals surface area contributed by atoms with Gasteiger partial charge < -0.3 is 19.7 Å². The van der Waals surface area contributed by atoms with E-state index in [0.29, 0.717) is 0 Å². The van der Waals surface area contributed by atoms with E-state index in [1.165, 1.54) is 24.6 Å². The molecule has 7 heteroatoms. The van der Waals surface area contributed by atoms with Gasteiger partial charge in [-0.25, -0.2) is 9.59 Å². The summed E-state index contributed by atoms with van der Waals surface area (Å²) in [5.41, 5.74) is 2.60. The average molecular weight is 402 g/mol. The molecule has 0 unspecified atom stereocenters. The topological polar surface area (TPSA) is 84.9 Å². The zero-order chi connectivity index (χ0) is 21.8. The summed E-state index contributed by atoms with van der Waals surface area (Å²) in [7, 11) is 2.76. The number of allylic oxidation sites excluding steroid dienone is 1. The van der Waals surface area contributed by atoms with Crippen molar-refractivity contribution in [3.05, 3.63) is 41.5 Å². The number of likely N-dealkylation sites (N-methyl/N-ethyl adjacent to an activating group) is 1. The van der Waals surface area contributed by atoms with Crippen LogP contribution in [0.2, 0.25) is 0 Å². The first-order chi connectivity index (χ1) is 13.5. The fraction of sp³-hybridized carbons (Fsp3) is 0.500. The first kappa shape index (κ1) is 22.5. The predicted molar refractivity (Wildman–Crippen MR) is 110 cm³/mol. The second kappa shape index (κ2) is 9.11. The quantitative estimate of drug-likeness (QED) is 0.740. The lowest BCUT2D eigenvalue weighted by atomic mass is 9.89. The normalized spacial score (nSPS) is 14.9. The Morgan fingerprint density at radius 1 is 1.21 bits per heavy atom. The van der Waals surface area contributed by atoms with Gasteiger partial charge in [-0.3, -0.25) is 4.79 Å². The second-order valence-corrected chi connectivity index (χ2v) is 8.21. The molecule has 0 bridgehead atoms. The summed E-state index contributed by atoms with van der Waals surface area (Å²) in [4.78, 5) is 38.2. The number of carbonyl (C=O) groups excluding carboxylic acids is 3. The van der Waals surface area contributed by atoms with Crippen molar-refractivity contribution in [3.8, 4) is 0 Å². The maximum absolute atomic E-state index is 12.5. The summed E-state index contributed by atoms with van der Waals surface area (Å²) in [6.07, 6.45) is 2.26. The molecule has 1 aromatic carbocycles. The van der Waals surface area contributed by atoms with Gasteiger partial charge in [0, 0.05) is 13.0 Å². The van der Waals surface area contributed by atoms with Crippen LogP contribution in [0.25, 0.3) is 5.57 Å². The standard InChI is InChI=1S/C22H30N2O5/c1-14(16-12-11-15-9-7-8-10-17(15)16)19(20(26)28-6)23-18(25)13-24(5)21(27)29-22(2,3)4/h7-10,12,14,19H,11,13H2,1-6H3,(H,23,25)/t14-,19-/m0/s1. The minimum absolute atomic E-state index is 0.231. The second-order valence-electron chi connectivity index (χ2n) is 8.21. The Morgan fingerprint density at radius 2 is 1.86 bits per heavy atom. The molecule has 0 aliphatic heterocycles. The Morgan fingerprint density at radius 3 is 2.48 bits per heavy atom. The van der Waals surface area contributed by atoms with Crippen molar-refractivity contribution in [1.29, 1.82) is 0 Å². The Bertz CT molecular complexity index is 810. The lowest BCUT2D eigenvalue weighted by Crippen LogP contribution is -2.49. The van der Waals surface area contributed by atoms with Crippen LogP contribution < -0.4 is 5.32 Å². The van der Waals surface area contributed by atoms with Gasteiger partial charge in [0.15, 0.2) is 0 Å². The number of rotatable bonds is 6. The molecule has 0 heterocycles. The average Bonchev–Trinajstić information content (AvgIpc) is 3.07. The highest BCUT2D eigenvalue weighted by Gasteiger charge is 2.33. The number of hydrogen-bond acceptors (Lipinski definition) is 5. The number of hydrogen-bond donors (Lipinski definition) is 1. The highest BCUT2D eigenvalue weighted by Crippen LogP contribution is 2.34. The van der Waals surface area contributed by atoms with E-state index >= 15 is 0 Å². The van der Waals surface area contributed by atoms with Crippen molar-refractivity contribution in [2.45, 2.75) is 45.8 Å². The van der Waals surface area contributed by atoms with Crippen molar-refractivity contribution in [2.24, 2.45) is 5.92 Å². The van der Waals surface area contributed by atoms with Gasteiger partial charge >= 0.3 is 12.1 Å². The Kier molecular flexibility index (Phi) is 7.06. The van der Waals surface area contributed by atoms with Crippen molar-refractivity contribution < 1.29 is 23.9 Å². The van der Waals surface area contributed by atoms with Crippen molar-refractivity contribution in [3.63, 3.8) is 0 Å². The summed E-state index contributed by atoms with van der Waals surface area (Å²) >= 11 is 0. The zero-order valence-corrected chi connectivity index (χ0v) is 17.9. The Hall–Kier alpha value is -2.83. The molecule has 158 valence electrons. The Labute approximate surface area is 172 Å². The van der Waals surface area contributed by atoms with Crippen LogP contribution in [0.4, 0.5) is 4.79 Å². The van der Waals surface area contributed by atoms with Crippen LogP contribution in [0.3, 0.4) is 0 Å². The number of nitrogens with one attached hydrogen (secondary N) is 1. The van der Waals surface area contributed by atoms with Crippen LogP contribution in [-0.4, -0.2) is 55.2 Å². The summed E-state index contributed by atoms with van der Waals surface area (Å²) in [5, 5.41) is 2.72. The number of amides is 2. The van der Waals surface area contributed by atoms with Crippen LogP contribution in [0.1, 0.15) is 38.8 Å². The van der Waals surface area contributed by atoms with Gasteiger partial charge in [0.1, 0.15) is 18.2 Å². The van der Waals surface area contributed by atoms with Gasteiger partial charge in [-0.1, -0.05) is 37.3 Å². The number of nitrogens with zero attached hydrogens (tertiary/aromatic N) is 1. The monoisotopic (exact) mass is 402 g/mol. The van der Waals surface area contributed by atoms with E-state index in [9.17, 15) is 14.4 Å². The van der Waals surface area contributed by atoms with Gasteiger partial charge in [0.05, 0.1) is 7.11 Å². The third kappa shape index (κ3) is 5.82. The summed E-state index contributed by atoms with van der Waals surface area (Å²) < 4.78 is 10.2. The minimum Gasteiger partial charge on any atom is -0.467 e. The van der Waals surface area contributed by atoms with Gasteiger partial charge in [-0.05, 0) is 43.9 Å². The van der Waals surface area contributed by atoms with Crippen LogP contribution in [0, 0.1) is 5.92 Å². The van der Waals surface area contributed by atoms with E-state index in [-0.39, 0.29) is 12.5 Å². The molecule has 2 amide bonds. The SMILES string of the molecule is COC(=O)[C@@H](NC(=O)CN(C)C(=O)OC(C)(C)C)[C@@H](C)C1=CCc2ccccc21. The highest BCUT2D eigenvalue weighted by molar-refractivity contribution is 5.89. The molecule has 0 aromatic heterocycles. The molecule has 7 nitrogen and oxygen atoms in total. The molecule has 0 spiro atoms. The molecule has 1 aliphatic rings. The van der Waals surface area contributed by atoms with Crippen molar-refractivity contribution in [2.75, 3.05) is 20.7 Å². The summed E-state index contributed by atoms with van der Waals surface area (Å²) in [6.45, 7) is 6.90. The van der Waals surface area contributed by atoms with Gasteiger partial charge in [-0.15, -0.1) is 0 Å². The maximum atomic E-state index is 12.5. The number of benzene rings is 1. The molecule has 1 aliphatic carbocycles.